The number of rotatable bonds is 17. The molecule has 0 aromatic rings. The topological polar surface area (TPSA) is 55.8 Å². The lowest BCUT2D eigenvalue weighted by molar-refractivity contribution is 0.0904. The quantitative estimate of drug-likeness (QED) is 0.226. The Morgan fingerprint density at radius 2 is 1.16 bits per heavy atom. The molecule has 5 heteroatoms. The summed E-state index contributed by atoms with van der Waals surface area (Å²) in [6.07, 6.45) is 16.0. The van der Waals surface area contributed by atoms with Gasteiger partial charge in [-0.2, -0.15) is 0 Å². The van der Waals surface area contributed by atoms with E-state index in [1.54, 1.807) is 20.8 Å². The third-order valence-electron chi connectivity index (χ3n) is 4.48. The summed E-state index contributed by atoms with van der Waals surface area (Å²) in [5.74, 6) is 0. The van der Waals surface area contributed by atoms with Crippen molar-refractivity contribution < 1.29 is 18.7 Å². The van der Waals surface area contributed by atoms with Crippen molar-refractivity contribution in [3.05, 3.63) is 0 Å². The Hall–Kier alpha value is 0.110. The first-order valence-corrected chi connectivity index (χ1v) is 11.9. The Bertz CT molecular complexity index is 339. The van der Waals surface area contributed by atoms with Crippen molar-refractivity contribution in [3.8, 4) is 0 Å². The van der Waals surface area contributed by atoms with Crippen LogP contribution >= 0.6 is 7.60 Å². The van der Waals surface area contributed by atoms with Crippen LogP contribution in [0.3, 0.4) is 0 Å². The van der Waals surface area contributed by atoms with Gasteiger partial charge in [-0.1, -0.05) is 77.6 Å². The van der Waals surface area contributed by atoms with Gasteiger partial charge in [-0.3, -0.25) is 4.57 Å². The molecular formula is C20H43O4P. The van der Waals surface area contributed by atoms with Crippen molar-refractivity contribution in [3.63, 3.8) is 0 Å². The maximum absolute atomic E-state index is 11.9. The molecule has 1 atom stereocenters. The third kappa shape index (κ3) is 14.9. The second-order valence-electron chi connectivity index (χ2n) is 8.03. The Balaban J connectivity index is 3.23. The molecule has 0 saturated heterocycles. The molecule has 0 aromatic carbocycles. The van der Waals surface area contributed by atoms with E-state index in [1.165, 1.54) is 70.6 Å². The lowest BCUT2D eigenvalue weighted by atomic mass is 10.1. The minimum absolute atomic E-state index is 0.184. The molecule has 0 saturated carbocycles. The zero-order chi connectivity index (χ0) is 19.0. The molecule has 1 N–H and O–H groups in total. The van der Waals surface area contributed by atoms with Gasteiger partial charge in [-0.05, 0) is 27.2 Å². The third-order valence-corrected chi connectivity index (χ3v) is 6.71. The van der Waals surface area contributed by atoms with Gasteiger partial charge >= 0.3 is 7.60 Å². The molecule has 4 nitrogen and oxygen atoms in total. The van der Waals surface area contributed by atoms with Crippen molar-refractivity contribution in [1.82, 2.24) is 0 Å². The maximum Gasteiger partial charge on any atom is 0.333 e. The lowest BCUT2D eigenvalue weighted by Crippen LogP contribution is -2.18. The van der Waals surface area contributed by atoms with E-state index >= 15 is 0 Å². The highest BCUT2D eigenvalue weighted by Crippen LogP contribution is 2.54. The van der Waals surface area contributed by atoms with Crippen molar-refractivity contribution in [2.24, 2.45) is 0 Å². The Kier molecular flexibility index (Phi) is 15.3. The summed E-state index contributed by atoms with van der Waals surface area (Å²) in [6, 6.07) is 0. The van der Waals surface area contributed by atoms with E-state index in [-0.39, 0.29) is 6.61 Å². The molecule has 0 amide bonds. The number of hydrogen-bond donors (Lipinski definition) is 1. The van der Waals surface area contributed by atoms with Gasteiger partial charge in [0.25, 0.3) is 0 Å². The minimum Gasteiger partial charge on any atom is -0.379 e. The smallest absolute Gasteiger partial charge is 0.333 e. The predicted molar refractivity (Wildman–Crippen MR) is 107 cm³/mol. The van der Waals surface area contributed by atoms with Crippen LogP contribution in [0.25, 0.3) is 0 Å². The predicted octanol–water partition coefficient (Wildman–Crippen LogP) is 6.70. The zero-order valence-electron chi connectivity index (χ0n) is 17.2. The van der Waals surface area contributed by atoms with Crippen LogP contribution in [-0.4, -0.2) is 29.9 Å². The number of unbranched alkanes of at least 4 members (excludes halogenated alkanes) is 11. The van der Waals surface area contributed by atoms with Crippen LogP contribution in [0.15, 0.2) is 0 Å². The van der Waals surface area contributed by atoms with E-state index in [4.69, 9.17) is 9.26 Å². The van der Waals surface area contributed by atoms with Crippen molar-refractivity contribution in [1.29, 1.82) is 0 Å². The summed E-state index contributed by atoms with van der Waals surface area (Å²) >= 11 is 0. The van der Waals surface area contributed by atoms with Crippen LogP contribution in [0.2, 0.25) is 0 Å². The first-order valence-electron chi connectivity index (χ1n) is 10.4. The summed E-state index contributed by atoms with van der Waals surface area (Å²) in [7, 11) is -3.54. The van der Waals surface area contributed by atoms with Crippen LogP contribution in [0.1, 0.15) is 105 Å². The normalized spacial score (nSPS) is 14.6. The van der Waals surface area contributed by atoms with E-state index in [0.717, 1.165) is 6.42 Å². The number of hydrogen-bond acceptors (Lipinski definition) is 3. The van der Waals surface area contributed by atoms with Crippen LogP contribution < -0.4 is 0 Å². The van der Waals surface area contributed by atoms with E-state index < -0.39 is 12.8 Å². The average molecular weight is 379 g/mol. The van der Waals surface area contributed by atoms with Crippen molar-refractivity contribution >= 4 is 7.60 Å². The van der Waals surface area contributed by atoms with Gasteiger partial charge in [-0.15, -0.1) is 0 Å². The van der Waals surface area contributed by atoms with Crippen molar-refractivity contribution in [2.75, 3.05) is 19.8 Å². The fourth-order valence-corrected chi connectivity index (χ4v) is 3.27. The van der Waals surface area contributed by atoms with Gasteiger partial charge in [0.15, 0.2) is 0 Å². The molecule has 25 heavy (non-hydrogen) atoms. The van der Waals surface area contributed by atoms with Crippen LogP contribution in [0, 0.1) is 0 Å². The van der Waals surface area contributed by atoms with Crippen molar-refractivity contribution in [2.45, 2.75) is 110 Å². The summed E-state index contributed by atoms with van der Waals surface area (Å²) in [6.45, 7) is 8.68. The molecule has 0 aliphatic rings. The average Bonchev–Trinajstić information content (AvgIpc) is 2.53. The molecule has 0 spiro atoms. The van der Waals surface area contributed by atoms with Crippen LogP contribution in [-0.2, 0) is 13.8 Å². The monoisotopic (exact) mass is 378 g/mol. The molecule has 0 radical (unpaired) electrons. The molecule has 0 rings (SSSR count). The first-order chi connectivity index (χ1) is 11.8. The van der Waals surface area contributed by atoms with E-state index in [1.807, 2.05) is 0 Å². The van der Waals surface area contributed by atoms with E-state index in [0.29, 0.717) is 13.2 Å². The molecule has 0 aliphatic heterocycles. The second kappa shape index (κ2) is 15.2. The van der Waals surface area contributed by atoms with E-state index in [9.17, 15) is 9.46 Å². The molecule has 0 heterocycles. The van der Waals surface area contributed by atoms with Gasteiger partial charge in [0.05, 0.1) is 18.4 Å². The molecule has 1 unspecified atom stereocenters. The molecular weight excluding hydrogens is 335 g/mol. The van der Waals surface area contributed by atoms with Crippen LogP contribution in [0.5, 0.6) is 0 Å². The van der Waals surface area contributed by atoms with Gasteiger partial charge in [0, 0.05) is 6.61 Å². The zero-order valence-corrected chi connectivity index (χ0v) is 18.1. The van der Waals surface area contributed by atoms with Crippen LogP contribution in [0.4, 0.5) is 0 Å². The Morgan fingerprint density at radius 1 is 0.720 bits per heavy atom. The maximum atomic E-state index is 11.9. The van der Waals surface area contributed by atoms with E-state index in [2.05, 4.69) is 6.92 Å². The highest BCUT2D eigenvalue weighted by atomic mass is 31.2. The SMILES string of the molecule is CCCCCCCCCCCCCCOCCOP(=O)(O)C(C)(C)C. The highest BCUT2D eigenvalue weighted by Gasteiger charge is 2.35. The minimum atomic E-state index is -3.54. The fourth-order valence-electron chi connectivity index (χ4n) is 2.56. The van der Waals surface area contributed by atoms with Gasteiger partial charge in [0.1, 0.15) is 0 Å². The standard InChI is InChI=1S/C20H43O4P/c1-5-6-7-8-9-10-11-12-13-14-15-16-17-23-18-19-24-25(21,22)20(2,3)4/h5-19H2,1-4H3,(H,21,22). The molecule has 0 aliphatic carbocycles. The molecule has 0 fully saturated rings. The molecule has 0 aromatic heterocycles. The second-order valence-corrected chi connectivity index (χ2v) is 10.7. The number of ether oxygens (including phenoxy) is 1. The molecule has 0 bridgehead atoms. The lowest BCUT2D eigenvalue weighted by Gasteiger charge is -2.24. The first kappa shape index (κ1) is 25.1. The largest absolute Gasteiger partial charge is 0.379 e. The summed E-state index contributed by atoms with van der Waals surface area (Å²) in [5, 5.41) is -0.734. The fraction of sp³-hybridized carbons (Fsp3) is 1.00. The summed E-state index contributed by atoms with van der Waals surface area (Å²) in [4.78, 5) is 9.74. The van der Waals surface area contributed by atoms with Gasteiger partial charge in [0.2, 0.25) is 0 Å². The highest BCUT2D eigenvalue weighted by molar-refractivity contribution is 7.54. The summed E-state index contributed by atoms with van der Waals surface area (Å²) in [5.41, 5.74) is 0. The summed E-state index contributed by atoms with van der Waals surface area (Å²) < 4.78 is 22.4. The Morgan fingerprint density at radius 3 is 1.60 bits per heavy atom. The Labute approximate surface area is 156 Å². The van der Waals surface area contributed by atoms with Gasteiger partial charge in [-0.25, -0.2) is 0 Å². The van der Waals surface area contributed by atoms with Gasteiger partial charge < -0.3 is 14.2 Å². The molecule has 152 valence electrons.